The number of pyridine rings is 2. The largest absolute Gasteiger partial charge is 0.472 e. The third-order valence-electron chi connectivity index (χ3n) is 10.9. The summed E-state index contributed by atoms with van der Waals surface area (Å²) in [4.78, 5) is 67.0. The first-order chi connectivity index (χ1) is 26.3. The summed E-state index contributed by atoms with van der Waals surface area (Å²) in [5.41, 5.74) is -1.09. The van der Waals surface area contributed by atoms with Crippen LogP contribution in [0, 0.1) is 5.92 Å². The SMILES string of the molecule is CC1/C=C\CCCCC[C@H](NC(=O)c2ccn(C)n2)C(=O)N2C[C@H](Oc3nc4ncccc4c4ccccc34)C[C@H]2C(=O)N[C@@]1(C)C(=O)NS(=O)(=O)C1CC1. The Hall–Kier alpha value is -5.38. The minimum Gasteiger partial charge on any atom is -0.472 e. The molecule has 1 saturated heterocycles. The van der Waals surface area contributed by atoms with Gasteiger partial charge < -0.3 is 20.3 Å². The van der Waals surface area contributed by atoms with E-state index >= 15 is 0 Å². The number of ether oxygens (including phenoxy) is 1. The van der Waals surface area contributed by atoms with E-state index < -0.39 is 68.5 Å². The summed E-state index contributed by atoms with van der Waals surface area (Å²) in [6.45, 7) is 3.21. The van der Waals surface area contributed by atoms with Crippen LogP contribution in [0.3, 0.4) is 0 Å². The quantitative estimate of drug-likeness (QED) is 0.185. The summed E-state index contributed by atoms with van der Waals surface area (Å²) in [5, 5.41) is 11.7. The Labute approximate surface area is 319 Å². The maximum atomic E-state index is 14.7. The fourth-order valence-corrected chi connectivity index (χ4v) is 8.69. The summed E-state index contributed by atoms with van der Waals surface area (Å²) in [6, 6.07) is 10.8. The fourth-order valence-electron chi connectivity index (χ4n) is 7.30. The highest BCUT2D eigenvalue weighted by atomic mass is 32.2. The molecule has 3 aromatic heterocycles. The number of aromatic nitrogens is 4. The number of hydrogen-bond donors (Lipinski definition) is 3. The molecule has 2 fully saturated rings. The lowest BCUT2D eigenvalue weighted by atomic mass is 9.85. The van der Waals surface area contributed by atoms with E-state index in [4.69, 9.17) is 9.72 Å². The molecule has 4 aromatic rings. The molecule has 4 amide bonds. The number of hydrogen-bond acceptors (Lipinski definition) is 10. The highest BCUT2D eigenvalue weighted by Gasteiger charge is 2.49. The van der Waals surface area contributed by atoms with Crippen molar-refractivity contribution in [2.75, 3.05) is 6.54 Å². The predicted molar refractivity (Wildman–Crippen MR) is 204 cm³/mol. The van der Waals surface area contributed by atoms with Gasteiger partial charge in [-0.05, 0) is 68.7 Å². The third kappa shape index (κ3) is 8.04. The van der Waals surface area contributed by atoms with Gasteiger partial charge in [-0.15, -0.1) is 0 Å². The van der Waals surface area contributed by atoms with E-state index in [0.29, 0.717) is 37.8 Å². The second-order valence-corrected chi connectivity index (χ2v) is 16.9. The van der Waals surface area contributed by atoms with Gasteiger partial charge in [-0.2, -0.15) is 10.1 Å². The number of carbonyl (C=O) groups excluding carboxylic acids is 4. The molecule has 3 N–H and O–H groups in total. The lowest BCUT2D eigenvalue weighted by Gasteiger charge is -2.36. The van der Waals surface area contributed by atoms with Crippen molar-refractivity contribution in [2.45, 2.75) is 94.2 Å². The van der Waals surface area contributed by atoms with E-state index in [0.717, 1.165) is 29.0 Å². The topological polar surface area (TPSA) is 195 Å². The van der Waals surface area contributed by atoms with Gasteiger partial charge in [0, 0.05) is 42.6 Å². The highest BCUT2D eigenvalue weighted by molar-refractivity contribution is 7.91. The van der Waals surface area contributed by atoms with Crippen molar-refractivity contribution in [3.8, 4) is 5.88 Å². The van der Waals surface area contributed by atoms with Gasteiger partial charge in [0.1, 0.15) is 29.4 Å². The molecule has 2 aliphatic heterocycles. The summed E-state index contributed by atoms with van der Waals surface area (Å²) in [6.07, 6.45) is 10.3. The van der Waals surface area contributed by atoms with Crippen LogP contribution in [0.5, 0.6) is 5.88 Å². The Kier molecular flexibility index (Phi) is 10.6. The molecule has 15 nitrogen and oxygen atoms in total. The Balaban J connectivity index is 1.24. The van der Waals surface area contributed by atoms with Crippen LogP contribution in [0.1, 0.15) is 75.7 Å². The number of amides is 4. The molecule has 3 aliphatic rings. The van der Waals surface area contributed by atoms with Crippen molar-refractivity contribution in [1.82, 2.24) is 40.0 Å². The summed E-state index contributed by atoms with van der Waals surface area (Å²) < 4.78 is 36.1. The molecular formula is C39H46N8O7S. The lowest BCUT2D eigenvalue weighted by Crippen LogP contribution is -2.64. The number of rotatable bonds is 7. The van der Waals surface area contributed by atoms with Crippen molar-refractivity contribution < 1.29 is 32.3 Å². The number of fused-ring (bicyclic) bond motifs is 4. The number of carbonyl (C=O) groups is 4. The number of benzene rings is 1. The first-order valence-electron chi connectivity index (χ1n) is 18.8. The van der Waals surface area contributed by atoms with Crippen LogP contribution in [-0.2, 0) is 31.5 Å². The van der Waals surface area contributed by atoms with Gasteiger partial charge in [0.05, 0.1) is 11.8 Å². The molecule has 1 aliphatic carbocycles. The lowest BCUT2D eigenvalue weighted by molar-refractivity contribution is -0.142. The maximum Gasteiger partial charge on any atom is 0.272 e. The van der Waals surface area contributed by atoms with Crippen molar-refractivity contribution in [2.24, 2.45) is 13.0 Å². The Bertz CT molecular complexity index is 2270. The van der Waals surface area contributed by atoms with Gasteiger partial charge in [0.25, 0.3) is 11.8 Å². The van der Waals surface area contributed by atoms with Crippen LogP contribution in [0.25, 0.3) is 21.8 Å². The Morgan fingerprint density at radius 3 is 2.51 bits per heavy atom. The number of nitrogens with zero attached hydrogens (tertiary/aromatic N) is 5. The van der Waals surface area contributed by atoms with Crippen LogP contribution in [0.4, 0.5) is 0 Å². The van der Waals surface area contributed by atoms with Gasteiger partial charge in [-0.25, -0.2) is 13.4 Å². The minimum atomic E-state index is -3.94. The molecule has 0 spiro atoms. The molecule has 1 unspecified atom stereocenters. The molecule has 16 heteroatoms. The Morgan fingerprint density at radius 1 is 1.00 bits per heavy atom. The molecule has 0 radical (unpaired) electrons. The average molecular weight is 771 g/mol. The van der Waals surface area contributed by atoms with Crippen LogP contribution < -0.4 is 20.1 Å². The standard InChI is InChI=1S/C39H46N8O7S/c1-24-12-7-5-4-6-8-16-31(41-34(48)30-19-21-46(3)44-30)37(50)47-23-25(54-36-29-14-10-9-13-27(29)28-15-11-20-40-33(28)42-36)22-32(47)35(49)43-39(24,2)38(51)45-55(52,53)26-17-18-26/h7,9-15,19-21,24-26,31-32H,4-6,8,16-18,22-23H2,1-3H3,(H,41,48)(H,43,49)(H,45,51)/b12-7-/t24?,25-,31+,32+,39-/m1/s1. The fraction of sp³-hybridized carbons (Fsp3) is 0.462. The number of sulfonamides is 1. The number of allylic oxidation sites excluding steroid dienone is 1. The number of aryl methyl sites for hydroxylation is 1. The van der Waals surface area contributed by atoms with Gasteiger partial charge in [-0.1, -0.05) is 50.1 Å². The summed E-state index contributed by atoms with van der Waals surface area (Å²) in [5.74, 6) is -2.88. The van der Waals surface area contributed by atoms with Crippen LogP contribution in [0.15, 0.2) is 67.0 Å². The van der Waals surface area contributed by atoms with Gasteiger partial charge in [-0.3, -0.25) is 28.6 Å². The van der Waals surface area contributed by atoms with Crippen molar-refractivity contribution in [3.05, 3.63) is 72.7 Å². The zero-order valence-corrected chi connectivity index (χ0v) is 31.9. The predicted octanol–water partition coefficient (Wildman–Crippen LogP) is 3.30. The van der Waals surface area contributed by atoms with E-state index in [9.17, 15) is 27.6 Å². The molecule has 290 valence electrons. The molecule has 1 aromatic carbocycles. The molecule has 0 bridgehead atoms. The first-order valence-corrected chi connectivity index (χ1v) is 20.3. The summed E-state index contributed by atoms with van der Waals surface area (Å²) in [7, 11) is -2.25. The van der Waals surface area contributed by atoms with E-state index in [1.807, 2.05) is 48.6 Å². The van der Waals surface area contributed by atoms with Crippen molar-refractivity contribution in [3.63, 3.8) is 0 Å². The number of nitrogens with one attached hydrogen (secondary N) is 3. The maximum absolute atomic E-state index is 14.7. The molecule has 7 rings (SSSR count). The van der Waals surface area contributed by atoms with E-state index in [1.54, 1.807) is 32.4 Å². The van der Waals surface area contributed by atoms with Crippen LogP contribution in [-0.4, -0.2) is 92.2 Å². The second kappa shape index (κ2) is 15.4. The third-order valence-corrected chi connectivity index (χ3v) is 12.7. The van der Waals surface area contributed by atoms with Gasteiger partial charge in [0.2, 0.25) is 27.7 Å². The molecule has 1 saturated carbocycles. The highest BCUT2D eigenvalue weighted by Crippen LogP contribution is 2.34. The van der Waals surface area contributed by atoms with Crippen LogP contribution in [0.2, 0.25) is 0 Å². The molecule has 55 heavy (non-hydrogen) atoms. The molecular weight excluding hydrogens is 725 g/mol. The average Bonchev–Trinajstić information content (AvgIpc) is 3.82. The van der Waals surface area contributed by atoms with Crippen molar-refractivity contribution >= 4 is 55.5 Å². The normalized spacial score (nSPS) is 26.1. The van der Waals surface area contributed by atoms with E-state index in [-0.39, 0.29) is 24.5 Å². The van der Waals surface area contributed by atoms with Crippen LogP contribution >= 0.6 is 0 Å². The molecule has 5 atom stereocenters. The zero-order valence-electron chi connectivity index (χ0n) is 31.1. The van der Waals surface area contributed by atoms with E-state index in [1.165, 1.54) is 16.5 Å². The smallest absolute Gasteiger partial charge is 0.272 e. The zero-order chi connectivity index (χ0) is 38.9. The second-order valence-electron chi connectivity index (χ2n) is 14.9. The Morgan fingerprint density at radius 2 is 1.76 bits per heavy atom. The minimum absolute atomic E-state index is 0.0248. The van der Waals surface area contributed by atoms with Gasteiger partial charge in [0.15, 0.2) is 5.65 Å². The summed E-state index contributed by atoms with van der Waals surface area (Å²) >= 11 is 0. The first kappa shape index (κ1) is 37.9. The van der Waals surface area contributed by atoms with Gasteiger partial charge >= 0.3 is 0 Å². The van der Waals surface area contributed by atoms with E-state index in [2.05, 4.69) is 25.4 Å². The van der Waals surface area contributed by atoms with Crippen molar-refractivity contribution in [1.29, 1.82) is 0 Å². The molecule has 5 heterocycles. The monoisotopic (exact) mass is 770 g/mol.